The van der Waals surface area contributed by atoms with Gasteiger partial charge in [-0.3, -0.25) is 14.7 Å². The first-order valence-electron chi connectivity index (χ1n) is 9.04. The fraction of sp³-hybridized carbons (Fsp3) is 0.882. The van der Waals surface area contributed by atoms with Gasteiger partial charge in [0.05, 0.1) is 26.7 Å². The van der Waals surface area contributed by atoms with Crippen LogP contribution in [-0.4, -0.2) is 75.9 Å². The molecule has 2 aliphatic rings. The van der Waals surface area contributed by atoms with Gasteiger partial charge in [0.2, 0.25) is 0 Å². The second-order valence-electron chi connectivity index (χ2n) is 6.56. The minimum Gasteiger partial charge on any atom is -0.469 e. The van der Waals surface area contributed by atoms with E-state index in [0.717, 1.165) is 38.8 Å². The largest absolute Gasteiger partial charge is 0.469 e. The molecule has 1 aliphatic carbocycles. The van der Waals surface area contributed by atoms with Gasteiger partial charge in [0, 0.05) is 38.8 Å². The Morgan fingerprint density at radius 3 is 2.54 bits per heavy atom. The zero-order valence-corrected chi connectivity index (χ0v) is 15.1. The molecule has 24 heavy (non-hydrogen) atoms. The Labute approximate surface area is 145 Å². The SMILES string of the molecule is CN=C(NCCC(=O)OC)NCC1(N2CCOCC2)CCCCC1. The van der Waals surface area contributed by atoms with E-state index >= 15 is 0 Å². The number of rotatable bonds is 6. The lowest BCUT2D eigenvalue weighted by Gasteiger charge is -2.48. The van der Waals surface area contributed by atoms with Crippen LogP contribution < -0.4 is 10.6 Å². The number of hydrogen-bond acceptors (Lipinski definition) is 5. The molecule has 1 heterocycles. The molecule has 0 aromatic carbocycles. The van der Waals surface area contributed by atoms with Gasteiger partial charge in [-0.05, 0) is 12.8 Å². The van der Waals surface area contributed by atoms with Crippen molar-refractivity contribution < 1.29 is 14.3 Å². The maximum absolute atomic E-state index is 11.2. The van der Waals surface area contributed by atoms with E-state index in [4.69, 9.17) is 4.74 Å². The van der Waals surface area contributed by atoms with Crippen LogP contribution in [0.1, 0.15) is 38.5 Å². The first-order chi connectivity index (χ1) is 11.7. The molecule has 0 bridgehead atoms. The van der Waals surface area contributed by atoms with Gasteiger partial charge in [-0.15, -0.1) is 0 Å². The molecule has 0 atom stereocenters. The monoisotopic (exact) mass is 340 g/mol. The van der Waals surface area contributed by atoms with Crippen LogP contribution >= 0.6 is 0 Å². The Morgan fingerprint density at radius 1 is 1.21 bits per heavy atom. The highest BCUT2D eigenvalue weighted by atomic mass is 16.5. The molecule has 7 heteroatoms. The number of nitrogens with zero attached hydrogens (tertiary/aromatic N) is 2. The summed E-state index contributed by atoms with van der Waals surface area (Å²) in [7, 11) is 3.17. The van der Waals surface area contributed by atoms with E-state index in [-0.39, 0.29) is 11.5 Å². The summed E-state index contributed by atoms with van der Waals surface area (Å²) in [6.07, 6.45) is 6.68. The minimum atomic E-state index is -0.213. The molecule has 2 N–H and O–H groups in total. The van der Waals surface area contributed by atoms with Crippen LogP contribution in [0.4, 0.5) is 0 Å². The van der Waals surface area contributed by atoms with Crippen molar-refractivity contribution in [2.45, 2.75) is 44.1 Å². The second-order valence-corrected chi connectivity index (χ2v) is 6.56. The van der Waals surface area contributed by atoms with Gasteiger partial charge in [0.25, 0.3) is 0 Å². The number of guanidine groups is 1. The lowest BCUT2D eigenvalue weighted by molar-refractivity contribution is -0.140. The number of nitrogens with one attached hydrogen (secondary N) is 2. The van der Waals surface area contributed by atoms with Crippen molar-refractivity contribution in [3.8, 4) is 0 Å². The summed E-state index contributed by atoms with van der Waals surface area (Å²) in [5, 5.41) is 6.66. The molecule has 1 saturated carbocycles. The number of hydrogen-bond donors (Lipinski definition) is 2. The molecule has 1 saturated heterocycles. The number of aliphatic imine (C=N–C) groups is 1. The zero-order chi connectivity index (χ0) is 17.3. The normalized spacial score (nSPS) is 22.0. The zero-order valence-electron chi connectivity index (χ0n) is 15.1. The van der Waals surface area contributed by atoms with Gasteiger partial charge < -0.3 is 20.1 Å². The van der Waals surface area contributed by atoms with Gasteiger partial charge in [-0.25, -0.2) is 0 Å². The minimum absolute atomic E-state index is 0.196. The molecule has 0 spiro atoms. The van der Waals surface area contributed by atoms with Crippen LogP contribution in [-0.2, 0) is 14.3 Å². The van der Waals surface area contributed by atoms with E-state index in [1.54, 1.807) is 7.05 Å². The summed E-state index contributed by atoms with van der Waals surface area (Å²) in [4.78, 5) is 18.1. The Morgan fingerprint density at radius 2 is 1.92 bits per heavy atom. The Bertz CT molecular complexity index is 416. The number of carbonyl (C=O) groups excluding carboxylic acids is 1. The fourth-order valence-electron chi connectivity index (χ4n) is 3.71. The second kappa shape index (κ2) is 9.84. The van der Waals surface area contributed by atoms with Crippen molar-refractivity contribution in [2.24, 2.45) is 4.99 Å². The molecular weight excluding hydrogens is 308 g/mol. The summed E-state index contributed by atoms with van der Waals surface area (Å²) < 4.78 is 10.2. The van der Waals surface area contributed by atoms with Crippen LogP contribution in [0.5, 0.6) is 0 Å². The molecular formula is C17H32N4O3. The van der Waals surface area contributed by atoms with Crippen molar-refractivity contribution in [2.75, 3.05) is 53.6 Å². The van der Waals surface area contributed by atoms with E-state index in [0.29, 0.717) is 13.0 Å². The third-order valence-corrected chi connectivity index (χ3v) is 5.12. The number of esters is 1. The van der Waals surface area contributed by atoms with E-state index in [1.165, 1.54) is 39.2 Å². The van der Waals surface area contributed by atoms with Gasteiger partial charge >= 0.3 is 5.97 Å². The predicted octanol–water partition coefficient (Wildman–Crippen LogP) is 0.750. The molecule has 0 amide bonds. The number of carbonyl (C=O) groups is 1. The Kier molecular flexibility index (Phi) is 7.78. The van der Waals surface area contributed by atoms with Crippen LogP contribution in [0, 0.1) is 0 Å². The summed E-state index contributed by atoms with van der Waals surface area (Å²) in [5.41, 5.74) is 0.196. The molecule has 138 valence electrons. The standard InChI is InChI=1S/C17H32N4O3/c1-18-16(19-9-6-15(22)23-2)20-14-17(7-4-3-5-8-17)21-10-12-24-13-11-21/h3-14H2,1-2H3,(H2,18,19,20). The first-order valence-corrected chi connectivity index (χ1v) is 9.04. The maximum atomic E-state index is 11.2. The topological polar surface area (TPSA) is 75.2 Å². The van der Waals surface area contributed by atoms with Gasteiger partial charge in [-0.2, -0.15) is 0 Å². The lowest BCUT2D eigenvalue weighted by Crippen LogP contribution is -2.60. The molecule has 2 fully saturated rings. The Hall–Kier alpha value is -1.34. The van der Waals surface area contributed by atoms with E-state index in [2.05, 4.69) is 25.3 Å². The molecule has 1 aliphatic heterocycles. The van der Waals surface area contributed by atoms with Crippen LogP contribution in [0.2, 0.25) is 0 Å². The fourth-order valence-corrected chi connectivity index (χ4v) is 3.71. The van der Waals surface area contributed by atoms with E-state index in [1.807, 2.05) is 0 Å². The number of morpholine rings is 1. The highest BCUT2D eigenvalue weighted by Crippen LogP contribution is 2.33. The van der Waals surface area contributed by atoms with Gasteiger partial charge in [0.1, 0.15) is 0 Å². The molecule has 0 aromatic heterocycles. The van der Waals surface area contributed by atoms with Crippen molar-refractivity contribution in [1.29, 1.82) is 0 Å². The van der Waals surface area contributed by atoms with Crippen LogP contribution in [0.15, 0.2) is 4.99 Å². The van der Waals surface area contributed by atoms with Gasteiger partial charge in [-0.1, -0.05) is 19.3 Å². The molecule has 7 nitrogen and oxygen atoms in total. The third-order valence-electron chi connectivity index (χ3n) is 5.12. The average molecular weight is 340 g/mol. The van der Waals surface area contributed by atoms with E-state index < -0.39 is 0 Å². The Balaban J connectivity index is 1.87. The first kappa shape index (κ1) is 19.0. The molecule has 0 unspecified atom stereocenters. The highest BCUT2D eigenvalue weighted by Gasteiger charge is 2.38. The smallest absolute Gasteiger partial charge is 0.307 e. The maximum Gasteiger partial charge on any atom is 0.307 e. The third kappa shape index (κ3) is 5.34. The van der Waals surface area contributed by atoms with Crippen molar-refractivity contribution in [1.82, 2.24) is 15.5 Å². The molecule has 2 rings (SSSR count). The van der Waals surface area contributed by atoms with E-state index in [9.17, 15) is 4.79 Å². The van der Waals surface area contributed by atoms with Crippen molar-refractivity contribution >= 4 is 11.9 Å². The van der Waals surface area contributed by atoms with Gasteiger partial charge in [0.15, 0.2) is 5.96 Å². The van der Waals surface area contributed by atoms with Crippen LogP contribution in [0.25, 0.3) is 0 Å². The highest BCUT2D eigenvalue weighted by molar-refractivity contribution is 5.80. The quantitative estimate of drug-likeness (QED) is 0.422. The number of ether oxygens (including phenoxy) is 2. The summed E-state index contributed by atoms with van der Waals surface area (Å²) in [6.45, 7) is 5.08. The van der Waals surface area contributed by atoms with Crippen molar-refractivity contribution in [3.63, 3.8) is 0 Å². The summed E-state index contributed by atoms with van der Waals surface area (Å²) in [6, 6.07) is 0. The lowest BCUT2D eigenvalue weighted by atomic mass is 9.80. The molecule has 0 aromatic rings. The van der Waals surface area contributed by atoms with Crippen molar-refractivity contribution in [3.05, 3.63) is 0 Å². The summed E-state index contributed by atoms with van der Waals surface area (Å²) >= 11 is 0. The van der Waals surface area contributed by atoms with Crippen LogP contribution in [0.3, 0.4) is 0 Å². The number of methoxy groups -OCH3 is 1. The average Bonchev–Trinajstić information content (AvgIpc) is 2.65. The molecule has 0 radical (unpaired) electrons. The predicted molar refractivity (Wildman–Crippen MR) is 94.2 cm³/mol. The summed E-state index contributed by atoms with van der Waals surface area (Å²) in [5.74, 6) is 0.534.